The summed E-state index contributed by atoms with van der Waals surface area (Å²) in [5.74, 6) is -0.0106. The molecule has 5 nitrogen and oxygen atoms in total. The van der Waals surface area contributed by atoms with Crippen LogP contribution in [0.4, 0.5) is 0 Å². The van der Waals surface area contributed by atoms with E-state index in [1.165, 1.54) is 0 Å². The summed E-state index contributed by atoms with van der Waals surface area (Å²) in [6.07, 6.45) is 0.926. The van der Waals surface area contributed by atoms with Crippen molar-refractivity contribution < 1.29 is 9.90 Å². The first kappa shape index (κ1) is 12.3. The van der Waals surface area contributed by atoms with Crippen molar-refractivity contribution in [3.05, 3.63) is 0 Å². The maximum Gasteiger partial charge on any atom is 0.220 e. The monoisotopic (exact) mass is 189 g/mol. The molecule has 0 saturated heterocycles. The van der Waals surface area contributed by atoms with Gasteiger partial charge in [-0.05, 0) is 6.42 Å². The summed E-state index contributed by atoms with van der Waals surface area (Å²) < 4.78 is 0. The third-order valence-electron chi connectivity index (χ3n) is 1.51. The molecule has 1 amide bonds. The number of hydrogen-bond acceptors (Lipinski definition) is 4. The van der Waals surface area contributed by atoms with Gasteiger partial charge >= 0.3 is 0 Å². The van der Waals surface area contributed by atoms with Crippen LogP contribution >= 0.6 is 0 Å². The Labute approximate surface area is 78.7 Å². The first-order chi connectivity index (χ1) is 6.31. The van der Waals surface area contributed by atoms with E-state index >= 15 is 0 Å². The SMILES string of the molecule is NCCNCCNC(=O)CCCO. The number of nitrogens with one attached hydrogen (secondary N) is 2. The second-order valence-corrected chi connectivity index (χ2v) is 2.72. The van der Waals surface area contributed by atoms with E-state index in [2.05, 4.69) is 10.6 Å². The zero-order chi connectivity index (χ0) is 9.94. The minimum Gasteiger partial charge on any atom is -0.396 e. The fourth-order valence-corrected chi connectivity index (χ4v) is 0.845. The molecule has 0 aliphatic rings. The Bertz CT molecular complexity index is 131. The topological polar surface area (TPSA) is 87.4 Å². The van der Waals surface area contributed by atoms with Crippen molar-refractivity contribution in [3.63, 3.8) is 0 Å². The number of nitrogens with two attached hydrogens (primary N) is 1. The van der Waals surface area contributed by atoms with Crippen molar-refractivity contribution >= 4 is 5.91 Å². The molecular formula is C8H19N3O2. The fraction of sp³-hybridized carbons (Fsp3) is 0.875. The Hall–Kier alpha value is -0.650. The van der Waals surface area contributed by atoms with Crippen LogP contribution in [-0.4, -0.2) is 43.8 Å². The van der Waals surface area contributed by atoms with E-state index in [4.69, 9.17) is 10.8 Å². The van der Waals surface area contributed by atoms with Crippen LogP contribution in [0.2, 0.25) is 0 Å². The second-order valence-electron chi connectivity index (χ2n) is 2.72. The van der Waals surface area contributed by atoms with Crippen molar-refractivity contribution in [2.24, 2.45) is 5.73 Å². The molecule has 0 aliphatic carbocycles. The highest BCUT2D eigenvalue weighted by Crippen LogP contribution is 1.85. The average Bonchev–Trinajstić information content (AvgIpc) is 2.14. The summed E-state index contributed by atoms with van der Waals surface area (Å²) in [6.45, 7) is 2.80. The van der Waals surface area contributed by atoms with Gasteiger partial charge in [0.1, 0.15) is 0 Å². The van der Waals surface area contributed by atoms with Gasteiger partial charge in [-0.3, -0.25) is 4.79 Å². The lowest BCUT2D eigenvalue weighted by Crippen LogP contribution is -2.33. The van der Waals surface area contributed by atoms with Crippen molar-refractivity contribution in [1.29, 1.82) is 0 Å². The molecule has 0 heterocycles. The summed E-state index contributed by atoms with van der Waals surface area (Å²) in [6, 6.07) is 0. The van der Waals surface area contributed by atoms with Crippen molar-refractivity contribution in [2.45, 2.75) is 12.8 Å². The molecule has 0 aromatic rings. The molecule has 13 heavy (non-hydrogen) atoms. The van der Waals surface area contributed by atoms with Gasteiger partial charge in [-0.2, -0.15) is 0 Å². The highest BCUT2D eigenvalue weighted by atomic mass is 16.3. The highest BCUT2D eigenvalue weighted by Gasteiger charge is 1.98. The Morgan fingerprint density at radius 3 is 2.69 bits per heavy atom. The molecule has 5 N–H and O–H groups in total. The molecule has 0 aliphatic heterocycles. The smallest absolute Gasteiger partial charge is 0.220 e. The van der Waals surface area contributed by atoms with Gasteiger partial charge in [0.2, 0.25) is 5.91 Å². The lowest BCUT2D eigenvalue weighted by atomic mass is 10.3. The number of hydrogen-bond donors (Lipinski definition) is 4. The molecule has 0 aromatic carbocycles. The van der Waals surface area contributed by atoms with Crippen LogP contribution in [0, 0.1) is 0 Å². The first-order valence-corrected chi connectivity index (χ1v) is 4.59. The lowest BCUT2D eigenvalue weighted by molar-refractivity contribution is -0.121. The van der Waals surface area contributed by atoms with E-state index in [-0.39, 0.29) is 12.5 Å². The zero-order valence-electron chi connectivity index (χ0n) is 7.88. The van der Waals surface area contributed by atoms with Crippen LogP contribution in [0.25, 0.3) is 0 Å². The molecule has 0 spiro atoms. The van der Waals surface area contributed by atoms with Crippen LogP contribution in [-0.2, 0) is 4.79 Å². The molecule has 0 bridgehead atoms. The quantitative estimate of drug-likeness (QED) is 0.347. The Kier molecular flexibility index (Phi) is 8.97. The predicted molar refractivity (Wildman–Crippen MR) is 51.3 cm³/mol. The maximum atomic E-state index is 11.0. The summed E-state index contributed by atoms with van der Waals surface area (Å²) >= 11 is 0. The van der Waals surface area contributed by atoms with Crippen LogP contribution in [0.1, 0.15) is 12.8 Å². The van der Waals surface area contributed by atoms with Gasteiger partial charge in [0.25, 0.3) is 0 Å². The van der Waals surface area contributed by atoms with Crippen molar-refractivity contribution in [1.82, 2.24) is 10.6 Å². The van der Waals surface area contributed by atoms with E-state index < -0.39 is 0 Å². The molecule has 78 valence electrons. The number of amides is 1. The Morgan fingerprint density at radius 2 is 2.08 bits per heavy atom. The number of aliphatic hydroxyl groups is 1. The Morgan fingerprint density at radius 1 is 1.31 bits per heavy atom. The van der Waals surface area contributed by atoms with E-state index in [1.807, 2.05) is 0 Å². The van der Waals surface area contributed by atoms with Crippen LogP contribution in [0.5, 0.6) is 0 Å². The van der Waals surface area contributed by atoms with Gasteiger partial charge in [0.05, 0.1) is 0 Å². The molecule has 0 atom stereocenters. The molecule has 0 fully saturated rings. The summed E-state index contributed by atoms with van der Waals surface area (Å²) in [4.78, 5) is 11.0. The molecule has 0 rings (SSSR count). The van der Waals surface area contributed by atoms with Crippen LogP contribution in [0.15, 0.2) is 0 Å². The van der Waals surface area contributed by atoms with Gasteiger partial charge < -0.3 is 21.5 Å². The summed E-state index contributed by atoms with van der Waals surface area (Å²) in [7, 11) is 0. The molecule has 0 aromatic heterocycles. The number of rotatable bonds is 8. The molecule has 0 saturated carbocycles. The minimum absolute atomic E-state index is 0.0106. The van der Waals surface area contributed by atoms with E-state index in [1.54, 1.807) is 0 Å². The van der Waals surface area contributed by atoms with Gasteiger partial charge in [0, 0.05) is 39.2 Å². The van der Waals surface area contributed by atoms with Crippen LogP contribution < -0.4 is 16.4 Å². The average molecular weight is 189 g/mol. The van der Waals surface area contributed by atoms with E-state index in [0.29, 0.717) is 25.9 Å². The number of carbonyl (C=O) groups excluding carboxylic acids is 1. The van der Waals surface area contributed by atoms with Crippen LogP contribution in [0.3, 0.4) is 0 Å². The van der Waals surface area contributed by atoms with E-state index in [0.717, 1.165) is 13.1 Å². The van der Waals surface area contributed by atoms with Gasteiger partial charge in [0.15, 0.2) is 0 Å². The zero-order valence-corrected chi connectivity index (χ0v) is 7.88. The molecular weight excluding hydrogens is 170 g/mol. The summed E-state index contributed by atoms with van der Waals surface area (Å²) in [5.41, 5.74) is 5.26. The predicted octanol–water partition coefficient (Wildman–Crippen LogP) is -1.58. The second kappa shape index (κ2) is 9.44. The Balaban J connectivity index is 3.08. The molecule has 5 heteroatoms. The number of aliphatic hydroxyl groups excluding tert-OH is 1. The third kappa shape index (κ3) is 9.26. The van der Waals surface area contributed by atoms with Crippen molar-refractivity contribution in [3.8, 4) is 0 Å². The fourth-order valence-electron chi connectivity index (χ4n) is 0.845. The number of carbonyl (C=O) groups is 1. The lowest BCUT2D eigenvalue weighted by Gasteiger charge is -2.05. The normalized spacial score (nSPS) is 10.0. The van der Waals surface area contributed by atoms with Gasteiger partial charge in [-0.15, -0.1) is 0 Å². The third-order valence-corrected chi connectivity index (χ3v) is 1.51. The van der Waals surface area contributed by atoms with Crippen molar-refractivity contribution in [2.75, 3.05) is 32.8 Å². The largest absolute Gasteiger partial charge is 0.396 e. The highest BCUT2D eigenvalue weighted by molar-refractivity contribution is 5.75. The first-order valence-electron chi connectivity index (χ1n) is 4.59. The standard InChI is InChI=1S/C8H19N3O2/c9-3-4-10-5-6-11-8(13)2-1-7-12/h10,12H,1-7,9H2,(H,11,13). The van der Waals surface area contributed by atoms with Gasteiger partial charge in [-0.25, -0.2) is 0 Å². The summed E-state index contributed by atoms with van der Waals surface area (Å²) in [5, 5.41) is 14.2. The molecule has 0 unspecified atom stereocenters. The minimum atomic E-state index is -0.0106. The van der Waals surface area contributed by atoms with E-state index in [9.17, 15) is 4.79 Å². The van der Waals surface area contributed by atoms with Gasteiger partial charge in [-0.1, -0.05) is 0 Å². The molecule has 0 radical (unpaired) electrons. The maximum absolute atomic E-state index is 11.0.